The highest BCUT2D eigenvalue weighted by Crippen LogP contribution is 2.16. The van der Waals surface area contributed by atoms with Crippen LogP contribution >= 0.6 is 0 Å². The van der Waals surface area contributed by atoms with Crippen molar-refractivity contribution in [2.45, 2.75) is 6.42 Å². The third-order valence-electron chi connectivity index (χ3n) is 2.85. The summed E-state index contributed by atoms with van der Waals surface area (Å²) in [5.41, 5.74) is 2.52. The molecule has 3 rings (SSSR count). The molecule has 0 fully saturated rings. The number of fused-ring (bicyclic) bond motifs is 1. The third-order valence-corrected chi connectivity index (χ3v) is 2.85. The first-order valence-corrected chi connectivity index (χ1v) is 5.58. The summed E-state index contributed by atoms with van der Waals surface area (Å²) in [6, 6.07) is 7.86. The van der Waals surface area contributed by atoms with Crippen LogP contribution in [0.4, 0.5) is 8.78 Å². The van der Waals surface area contributed by atoms with Crippen LogP contribution in [0.2, 0.25) is 0 Å². The highest BCUT2D eigenvalue weighted by atomic mass is 19.2. The fraction of sp³-hybridized carbons (Fsp3) is 0.0714. The van der Waals surface area contributed by atoms with Crippen molar-refractivity contribution in [1.29, 1.82) is 0 Å². The number of hydrogen-bond acceptors (Lipinski definition) is 1. The number of aromatic nitrogens is 2. The zero-order chi connectivity index (χ0) is 12.5. The smallest absolute Gasteiger partial charge is 0.159 e. The van der Waals surface area contributed by atoms with Gasteiger partial charge in [-0.15, -0.1) is 0 Å². The largest absolute Gasteiger partial charge is 0.346 e. The Morgan fingerprint density at radius 3 is 2.72 bits per heavy atom. The normalized spacial score (nSPS) is 11.0. The van der Waals surface area contributed by atoms with Gasteiger partial charge < -0.3 is 4.98 Å². The molecule has 0 atom stereocenters. The maximum absolute atomic E-state index is 13.1. The minimum Gasteiger partial charge on any atom is -0.346 e. The summed E-state index contributed by atoms with van der Waals surface area (Å²) >= 11 is 0. The van der Waals surface area contributed by atoms with E-state index in [0.717, 1.165) is 28.2 Å². The fourth-order valence-corrected chi connectivity index (χ4v) is 1.97. The molecule has 0 aliphatic carbocycles. The van der Waals surface area contributed by atoms with E-state index in [-0.39, 0.29) is 0 Å². The number of H-pyrrole nitrogens is 1. The molecular formula is C14H10F2N2. The molecule has 0 radical (unpaired) electrons. The minimum atomic E-state index is -0.821. The van der Waals surface area contributed by atoms with Crippen molar-refractivity contribution in [2.75, 3.05) is 0 Å². The molecule has 4 heteroatoms. The van der Waals surface area contributed by atoms with Crippen molar-refractivity contribution >= 4 is 11.0 Å². The summed E-state index contributed by atoms with van der Waals surface area (Å²) in [7, 11) is 0. The van der Waals surface area contributed by atoms with Crippen molar-refractivity contribution in [1.82, 2.24) is 9.97 Å². The van der Waals surface area contributed by atoms with E-state index in [1.807, 2.05) is 18.3 Å². The number of pyridine rings is 1. The second kappa shape index (κ2) is 4.22. The fourth-order valence-electron chi connectivity index (χ4n) is 1.97. The summed E-state index contributed by atoms with van der Waals surface area (Å²) in [6.07, 6.45) is 4.09. The first-order chi connectivity index (χ1) is 8.72. The molecule has 1 aromatic carbocycles. The van der Waals surface area contributed by atoms with E-state index in [0.29, 0.717) is 6.42 Å². The summed E-state index contributed by atoms with van der Waals surface area (Å²) in [4.78, 5) is 7.26. The van der Waals surface area contributed by atoms with Gasteiger partial charge in [0.1, 0.15) is 5.65 Å². The molecule has 0 aliphatic heterocycles. The second-order valence-electron chi connectivity index (χ2n) is 4.18. The van der Waals surface area contributed by atoms with Gasteiger partial charge in [0, 0.05) is 17.8 Å². The van der Waals surface area contributed by atoms with E-state index in [1.165, 1.54) is 6.07 Å². The standard InChI is InChI=1S/C14H10F2N2/c15-12-2-1-9(7-13(12)16)5-10-6-11-3-4-17-14(11)18-8-10/h1-4,6-8H,5H2,(H,17,18). The Kier molecular flexibility index (Phi) is 2.55. The molecule has 90 valence electrons. The van der Waals surface area contributed by atoms with Gasteiger partial charge in [-0.3, -0.25) is 0 Å². The Morgan fingerprint density at radius 2 is 1.89 bits per heavy atom. The lowest BCUT2D eigenvalue weighted by Gasteiger charge is -2.02. The van der Waals surface area contributed by atoms with Crippen LogP contribution in [0, 0.1) is 11.6 Å². The number of hydrogen-bond donors (Lipinski definition) is 1. The van der Waals surface area contributed by atoms with Gasteiger partial charge >= 0.3 is 0 Å². The van der Waals surface area contributed by atoms with E-state index in [1.54, 1.807) is 12.3 Å². The highest BCUT2D eigenvalue weighted by Gasteiger charge is 2.04. The molecule has 2 heterocycles. The van der Waals surface area contributed by atoms with Crippen LogP contribution in [0.3, 0.4) is 0 Å². The van der Waals surface area contributed by atoms with Gasteiger partial charge in [-0.05, 0) is 41.8 Å². The molecule has 0 spiro atoms. The Balaban J connectivity index is 1.92. The number of rotatable bonds is 2. The van der Waals surface area contributed by atoms with Gasteiger partial charge in [-0.1, -0.05) is 6.07 Å². The summed E-state index contributed by atoms with van der Waals surface area (Å²) in [6.45, 7) is 0. The molecule has 0 aliphatic rings. The van der Waals surface area contributed by atoms with Crippen LogP contribution in [0.25, 0.3) is 11.0 Å². The number of halogens is 2. The SMILES string of the molecule is Fc1ccc(Cc2cnc3[nH]ccc3c2)cc1F. The first-order valence-electron chi connectivity index (χ1n) is 5.58. The van der Waals surface area contributed by atoms with Gasteiger partial charge in [-0.2, -0.15) is 0 Å². The van der Waals surface area contributed by atoms with Gasteiger partial charge in [0.05, 0.1) is 0 Å². The van der Waals surface area contributed by atoms with Gasteiger partial charge in [-0.25, -0.2) is 13.8 Å². The van der Waals surface area contributed by atoms with Crippen molar-refractivity contribution < 1.29 is 8.78 Å². The lowest BCUT2D eigenvalue weighted by molar-refractivity contribution is 0.507. The zero-order valence-corrected chi connectivity index (χ0v) is 9.45. The van der Waals surface area contributed by atoms with Gasteiger partial charge in [0.25, 0.3) is 0 Å². The predicted molar refractivity (Wildman–Crippen MR) is 65.3 cm³/mol. The lowest BCUT2D eigenvalue weighted by Crippen LogP contribution is -1.92. The molecular weight excluding hydrogens is 234 g/mol. The highest BCUT2D eigenvalue weighted by molar-refractivity contribution is 5.75. The summed E-state index contributed by atoms with van der Waals surface area (Å²) in [5, 5.41) is 1.01. The summed E-state index contributed by atoms with van der Waals surface area (Å²) < 4.78 is 25.9. The second-order valence-corrected chi connectivity index (χ2v) is 4.18. The van der Waals surface area contributed by atoms with E-state index >= 15 is 0 Å². The first kappa shape index (κ1) is 10.9. The molecule has 3 aromatic rings. The molecule has 0 saturated carbocycles. The minimum absolute atomic E-state index is 0.533. The van der Waals surface area contributed by atoms with Crippen LogP contribution in [0.15, 0.2) is 42.7 Å². The van der Waals surface area contributed by atoms with Crippen molar-refractivity contribution in [2.24, 2.45) is 0 Å². The number of nitrogens with zero attached hydrogens (tertiary/aromatic N) is 1. The van der Waals surface area contributed by atoms with Crippen molar-refractivity contribution in [3.63, 3.8) is 0 Å². The van der Waals surface area contributed by atoms with Gasteiger partial charge in [0.15, 0.2) is 11.6 Å². The molecule has 2 nitrogen and oxygen atoms in total. The van der Waals surface area contributed by atoms with Gasteiger partial charge in [0.2, 0.25) is 0 Å². The summed E-state index contributed by atoms with van der Waals surface area (Å²) in [5.74, 6) is -1.64. The lowest BCUT2D eigenvalue weighted by atomic mass is 10.1. The van der Waals surface area contributed by atoms with Crippen LogP contribution in [-0.4, -0.2) is 9.97 Å². The average Bonchev–Trinajstić information content (AvgIpc) is 2.81. The Hall–Kier alpha value is -2.23. The van der Waals surface area contributed by atoms with E-state index < -0.39 is 11.6 Å². The maximum Gasteiger partial charge on any atom is 0.159 e. The number of benzene rings is 1. The quantitative estimate of drug-likeness (QED) is 0.735. The average molecular weight is 244 g/mol. The molecule has 18 heavy (non-hydrogen) atoms. The van der Waals surface area contributed by atoms with Crippen molar-refractivity contribution in [3.8, 4) is 0 Å². The molecule has 0 amide bonds. The molecule has 2 aromatic heterocycles. The van der Waals surface area contributed by atoms with E-state index in [2.05, 4.69) is 9.97 Å². The molecule has 1 N–H and O–H groups in total. The third kappa shape index (κ3) is 1.97. The molecule has 0 bridgehead atoms. The van der Waals surface area contributed by atoms with E-state index in [9.17, 15) is 8.78 Å². The van der Waals surface area contributed by atoms with Crippen LogP contribution in [0.5, 0.6) is 0 Å². The number of nitrogens with one attached hydrogen (secondary N) is 1. The Bertz CT molecular complexity index is 704. The van der Waals surface area contributed by atoms with Crippen LogP contribution in [0.1, 0.15) is 11.1 Å². The predicted octanol–water partition coefficient (Wildman–Crippen LogP) is 3.43. The van der Waals surface area contributed by atoms with Crippen LogP contribution in [-0.2, 0) is 6.42 Å². The molecule has 0 unspecified atom stereocenters. The molecule has 0 saturated heterocycles. The monoisotopic (exact) mass is 244 g/mol. The van der Waals surface area contributed by atoms with Crippen molar-refractivity contribution in [3.05, 3.63) is 65.5 Å². The maximum atomic E-state index is 13.1. The van der Waals surface area contributed by atoms with E-state index in [4.69, 9.17) is 0 Å². The topological polar surface area (TPSA) is 28.7 Å². The van der Waals surface area contributed by atoms with Crippen LogP contribution < -0.4 is 0 Å². The number of aromatic amines is 1. The Morgan fingerprint density at radius 1 is 1.00 bits per heavy atom. The zero-order valence-electron chi connectivity index (χ0n) is 9.45. The Labute approximate surface area is 102 Å².